The normalized spacial score (nSPS) is 16.4. The third kappa shape index (κ3) is 6.85. The maximum absolute atomic E-state index is 5.44. The molecule has 136 valence electrons. The molecule has 7 heteroatoms. The van der Waals surface area contributed by atoms with E-state index in [1.807, 2.05) is 12.1 Å². The van der Waals surface area contributed by atoms with Gasteiger partial charge in [0.1, 0.15) is 0 Å². The van der Waals surface area contributed by atoms with Crippen LogP contribution < -0.4 is 10.6 Å². The summed E-state index contributed by atoms with van der Waals surface area (Å²) in [6.07, 6.45) is 0. The lowest BCUT2D eigenvalue weighted by atomic mass is 10.0. The summed E-state index contributed by atoms with van der Waals surface area (Å²) in [7, 11) is 1.80. The van der Waals surface area contributed by atoms with Gasteiger partial charge in [0.05, 0.1) is 13.2 Å². The van der Waals surface area contributed by atoms with Crippen molar-refractivity contribution in [2.24, 2.45) is 4.99 Å². The number of ether oxygens (including phenoxy) is 1. The molecule has 0 atom stereocenters. The summed E-state index contributed by atoms with van der Waals surface area (Å²) in [5.41, 5.74) is 1.28. The van der Waals surface area contributed by atoms with E-state index in [9.17, 15) is 0 Å². The third-order valence-corrected chi connectivity index (χ3v) is 4.62. The molecule has 5 nitrogen and oxygen atoms in total. The van der Waals surface area contributed by atoms with Crippen molar-refractivity contribution in [3.8, 4) is 0 Å². The minimum atomic E-state index is 0. The first-order valence-corrected chi connectivity index (χ1v) is 8.82. The number of hydrogen-bond donors (Lipinski definition) is 2. The number of nitrogens with one attached hydrogen (secondary N) is 2. The van der Waals surface area contributed by atoms with Gasteiger partial charge in [-0.3, -0.25) is 9.89 Å². The number of rotatable bonds is 5. The van der Waals surface area contributed by atoms with Crippen LogP contribution in [0.5, 0.6) is 0 Å². The minimum Gasteiger partial charge on any atom is -0.379 e. The van der Waals surface area contributed by atoms with E-state index < -0.39 is 0 Å². The van der Waals surface area contributed by atoms with E-state index in [-0.39, 0.29) is 29.5 Å². The van der Waals surface area contributed by atoms with Crippen molar-refractivity contribution in [1.82, 2.24) is 15.5 Å². The van der Waals surface area contributed by atoms with Gasteiger partial charge in [0.15, 0.2) is 5.96 Å². The van der Waals surface area contributed by atoms with Gasteiger partial charge in [0, 0.05) is 43.2 Å². The Morgan fingerprint density at radius 3 is 2.62 bits per heavy atom. The lowest BCUT2D eigenvalue weighted by molar-refractivity contribution is -0.00834. The summed E-state index contributed by atoms with van der Waals surface area (Å²) in [5.74, 6) is 0.825. The first-order chi connectivity index (χ1) is 11.0. The van der Waals surface area contributed by atoms with Crippen molar-refractivity contribution in [3.05, 3.63) is 34.3 Å². The van der Waals surface area contributed by atoms with Crippen LogP contribution in [0.25, 0.3) is 0 Å². The SMILES string of the molecule is CN=C(NCc1cccc(Br)c1)NCC(C)(C)N1CCOCC1.I. The summed E-state index contributed by atoms with van der Waals surface area (Å²) in [6.45, 7) is 9.71. The van der Waals surface area contributed by atoms with Crippen LogP contribution in [0.15, 0.2) is 33.7 Å². The zero-order chi connectivity index (χ0) is 16.7. The lowest BCUT2D eigenvalue weighted by Gasteiger charge is -2.41. The predicted octanol–water partition coefficient (Wildman–Crippen LogP) is 2.84. The second-order valence-electron chi connectivity index (χ2n) is 6.32. The van der Waals surface area contributed by atoms with Crippen LogP contribution in [0.2, 0.25) is 0 Å². The van der Waals surface area contributed by atoms with Crippen molar-refractivity contribution in [1.29, 1.82) is 0 Å². The number of benzene rings is 1. The molecule has 0 aliphatic carbocycles. The van der Waals surface area contributed by atoms with E-state index in [4.69, 9.17) is 4.74 Å². The Morgan fingerprint density at radius 2 is 2.00 bits per heavy atom. The van der Waals surface area contributed by atoms with Crippen molar-refractivity contribution in [2.75, 3.05) is 39.9 Å². The van der Waals surface area contributed by atoms with Gasteiger partial charge < -0.3 is 15.4 Å². The Hall–Kier alpha value is -0.380. The maximum Gasteiger partial charge on any atom is 0.191 e. The number of halogens is 2. The highest BCUT2D eigenvalue weighted by atomic mass is 127. The van der Waals surface area contributed by atoms with Crippen LogP contribution in [-0.2, 0) is 11.3 Å². The molecule has 0 spiro atoms. The molecule has 1 aromatic carbocycles. The van der Waals surface area contributed by atoms with Crippen LogP contribution >= 0.6 is 39.9 Å². The van der Waals surface area contributed by atoms with Crippen LogP contribution in [0.3, 0.4) is 0 Å². The number of aliphatic imine (C=N–C) groups is 1. The molecule has 24 heavy (non-hydrogen) atoms. The van der Waals surface area contributed by atoms with Gasteiger partial charge in [-0.1, -0.05) is 28.1 Å². The Labute approximate surface area is 170 Å². The monoisotopic (exact) mass is 510 g/mol. The van der Waals surface area contributed by atoms with Gasteiger partial charge in [-0.15, -0.1) is 24.0 Å². The fraction of sp³-hybridized carbons (Fsp3) is 0.588. The molecule has 1 aliphatic heterocycles. The van der Waals surface area contributed by atoms with Gasteiger partial charge in [-0.25, -0.2) is 0 Å². The Kier molecular flexibility index (Phi) is 9.54. The quantitative estimate of drug-likeness (QED) is 0.363. The van der Waals surface area contributed by atoms with Gasteiger partial charge in [-0.05, 0) is 31.5 Å². The summed E-state index contributed by atoms with van der Waals surface area (Å²) in [6, 6.07) is 8.28. The Morgan fingerprint density at radius 1 is 1.29 bits per heavy atom. The van der Waals surface area contributed by atoms with E-state index in [2.05, 4.69) is 62.4 Å². The van der Waals surface area contributed by atoms with Crippen molar-refractivity contribution >= 4 is 45.9 Å². The highest BCUT2D eigenvalue weighted by Crippen LogP contribution is 2.15. The molecule has 1 aliphatic rings. The number of morpholine rings is 1. The average Bonchev–Trinajstić information content (AvgIpc) is 2.56. The van der Waals surface area contributed by atoms with Crippen LogP contribution in [-0.4, -0.2) is 56.3 Å². The van der Waals surface area contributed by atoms with Gasteiger partial charge in [0.25, 0.3) is 0 Å². The van der Waals surface area contributed by atoms with E-state index in [0.717, 1.165) is 49.8 Å². The molecule has 1 fully saturated rings. The van der Waals surface area contributed by atoms with E-state index in [1.54, 1.807) is 7.05 Å². The highest BCUT2D eigenvalue weighted by Gasteiger charge is 2.28. The summed E-state index contributed by atoms with van der Waals surface area (Å²) < 4.78 is 6.53. The third-order valence-electron chi connectivity index (χ3n) is 4.13. The Balaban J connectivity index is 0.00000288. The summed E-state index contributed by atoms with van der Waals surface area (Å²) in [4.78, 5) is 6.78. The molecule has 1 aromatic rings. The molecule has 1 heterocycles. The van der Waals surface area contributed by atoms with Crippen LogP contribution in [0.4, 0.5) is 0 Å². The fourth-order valence-electron chi connectivity index (χ4n) is 2.63. The molecule has 0 aromatic heterocycles. The average molecular weight is 511 g/mol. The minimum absolute atomic E-state index is 0. The van der Waals surface area contributed by atoms with Crippen molar-refractivity contribution < 1.29 is 4.74 Å². The van der Waals surface area contributed by atoms with Crippen LogP contribution in [0, 0.1) is 0 Å². The smallest absolute Gasteiger partial charge is 0.191 e. The largest absolute Gasteiger partial charge is 0.379 e. The predicted molar refractivity (Wildman–Crippen MR) is 114 cm³/mol. The highest BCUT2D eigenvalue weighted by molar-refractivity contribution is 14.0. The second-order valence-corrected chi connectivity index (χ2v) is 7.24. The molecule has 0 amide bonds. The molecular weight excluding hydrogens is 483 g/mol. The van der Waals surface area contributed by atoms with E-state index in [1.165, 1.54) is 5.56 Å². The molecule has 0 radical (unpaired) electrons. The van der Waals surface area contributed by atoms with E-state index in [0.29, 0.717) is 0 Å². The number of guanidine groups is 1. The molecule has 2 N–H and O–H groups in total. The molecule has 0 bridgehead atoms. The summed E-state index contributed by atoms with van der Waals surface area (Å²) in [5, 5.41) is 6.80. The Bertz CT molecular complexity index is 533. The second kappa shape index (κ2) is 10.6. The van der Waals surface area contributed by atoms with Crippen molar-refractivity contribution in [2.45, 2.75) is 25.9 Å². The molecule has 0 saturated carbocycles. The lowest BCUT2D eigenvalue weighted by Crippen LogP contribution is -2.56. The van der Waals surface area contributed by atoms with Gasteiger partial charge in [-0.2, -0.15) is 0 Å². The first-order valence-electron chi connectivity index (χ1n) is 8.03. The maximum atomic E-state index is 5.44. The zero-order valence-electron chi connectivity index (χ0n) is 14.6. The van der Waals surface area contributed by atoms with Gasteiger partial charge >= 0.3 is 0 Å². The zero-order valence-corrected chi connectivity index (χ0v) is 18.6. The van der Waals surface area contributed by atoms with Gasteiger partial charge in [0.2, 0.25) is 0 Å². The molecule has 0 unspecified atom stereocenters. The molecule has 1 saturated heterocycles. The number of nitrogens with zero attached hydrogens (tertiary/aromatic N) is 2. The van der Waals surface area contributed by atoms with Crippen molar-refractivity contribution in [3.63, 3.8) is 0 Å². The van der Waals surface area contributed by atoms with E-state index >= 15 is 0 Å². The molecule has 2 rings (SSSR count). The fourth-order valence-corrected chi connectivity index (χ4v) is 3.08. The standard InChI is InChI=1S/C17H27BrN4O.HI/c1-17(2,22-7-9-23-10-8-22)13-21-16(19-3)20-12-14-5-4-6-15(18)11-14;/h4-6,11H,7-10,12-13H2,1-3H3,(H2,19,20,21);1H. The molecular formula is C17H28BrIN4O. The summed E-state index contributed by atoms with van der Waals surface area (Å²) >= 11 is 3.50. The van der Waals surface area contributed by atoms with Crippen LogP contribution in [0.1, 0.15) is 19.4 Å². The number of hydrogen-bond acceptors (Lipinski definition) is 3. The topological polar surface area (TPSA) is 48.9 Å². The first kappa shape index (κ1) is 21.7.